The molecule has 0 radical (unpaired) electrons. The number of hydrogen-bond donors (Lipinski definition) is 1. The molecule has 1 fully saturated rings. The van der Waals surface area contributed by atoms with Crippen molar-refractivity contribution in [2.24, 2.45) is 0 Å². The summed E-state index contributed by atoms with van der Waals surface area (Å²) in [4.78, 5) is 38.7. The Morgan fingerprint density at radius 1 is 1.05 bits per heavy atom. The molecule has 0 aromatic heterocycles. The Labute approximate surface area is 237 Å². The van der Waals surface area contributed by atoms with E-state index in [0.29, 0.717) is 40.5 Å². The van der Waals surface area contributed by atoms with Crippen LogP contribution in [0.25, 0.3) is 0 Å². The van der Waals surface area contributed by atoms with Gasteiger partial charge in [-0.1, -0.05) is 17.7 Å². The Morgan fingerprint density at radius 3 is 2.45 bits per heavy atom. The maximum Gasteiger partial charge on any atom is 0.337 e. The first kappa shape index (κ1) is 27.7. The number of carbonyl (C=O) groups excluding carboxylic acids is 2. The van der Waals surface area contributed by atoms with Gasteiger partial charge in [0.05, 0.1) is 24.7 Å². The standard InChI is InChI=1S/C30H31ClN2O7/c1-16-27(30(35)40-20-6-4-5-7-20)28(21-15-19(33(36)37)9-10-22(21)31)29-23(32-16)12-18(13-24(29)34)17-8-11-25(38-2)26(14-17)39-3/h8-11,14-15,18,20,28,32H,4-7,12-13H2,1-3H3/t18-,28+/m1/s1. The topological polar surface area (TPSA) is 117 Å². The Kier molecular flexibility index (Phi) is 7.85. The fourth-order valence-corrected chi connectivity index (χ4v) is 6.28. The predicted molar refractivity (Wildman–Crippen MR) is 149 cm³/mol. The van der Waals surface area contributed by atoms with Crippen molar-refractivity contribution in [2.45, 2.75) is 63.4 Å². The summed E-state index contributed by atoms with van der Waals surface area (Å²) in [6.45, 7) is 1.76. The van der Waals surface area contributed by atoms with Crippen molar-refractivity contribution in [2.75, 3.05) is 14.2 Å². The minimum Gasteiger partial charge on any atom is -0.493 e. The highest BCUT2D eigenvalue weighted by Gasteiger charge is 2.43. The summed E-state index contributed by atoms with van der Waals surface area (Å²) in [6, 6.07) is 9.69. The maximum absolute atomic E-state index is 13.9. The third-order valence-corrected chi connectivity index (χ3v) is 8.35. The number of nitrogens with zero attached hydrogens (tertiary/aromatic N) is 1. The zero-order valence-electron chi connectivity index (χ0n) is 22.6. The van der Waals surface area contributed by atoms with E-state index in [-0.39, 0.29) is 40.5 Å². The Bertz CT molecular complexity index is 1440. The predicted octanol–water partition coefficient (Wildman–Crippen LogP) is 6.11. The van der Waals surface area contributed by atoms with Crippen LogP contribution in [-0.4, -0.2) is 37.0 Å². The van der Waals surface area contributed by atoms with Gasteiger partial charge in [-0.05, 0) is 74.3 Å². The van der Waals surface area contributed by atoms with Gasteiger partial charge in [0.15, 0.2) is 17.3 Å². The quantitative estimate of drug-likeness (QED) is 0.242. The number of esters is 1. The summed E-state index contributed by atoms with van der Waals surface area (Å²) in [5.74, 6) is -0.589. The lowest BCUT2D eigenvalue weighted by atomic mass is 9.71. The Hall–Kier alpha value is -3.85. The number of ether oxygens (including phenoxy) is 3. The molecular weight excluding hydrogens is 536 g/mol. The molecule has 1 aliphatic heterocycles. The number of Topliss-reactive ketones (excluding diaryl/α,β-unsaturated/α-hetero) is 1. The zero-order valence-corrected chi connectivity index (χ0v) is 23.4. The second-order valence-corrected chi connectivity index (χ2v) is 10.8. The van der Waals surface area contributed by atoms with Crippen LogP contribution in [0, 0.1) is 10.1 Å². The molecule has 2 aliphatic carbocycles. The minimum atomic E-state index is -0.892. The molecule has 2 aromatic rings. The van der Waals surface area contributed by atoms with Crippen LogP contribution in [0.3, 0.4) is 0 Å². The SMILES string of the molecule is COc1ccc([C@H]2CC(=O)C3=C(C2)NC(C)=C(C(=O)OC2CCCC2)[C@@H]3c2cc([N+](=O)[O-])ccc2Cl)cc1OC. The number of carbonyl (C=O) groups is 2. The number of allylic oxidation sites excluding steroid dienone is 3. The van der Waals surface area contributed by atoms with Crippen molar-refractivity contribution in [3.05, 3.63) is 85.2 Å². The Balaban J connectivity index is 1.59. The molecule has 0 spiro atoms. The van der Waals surface area contributed by atoms with Crippen molar-refractivity contribution >= 4 is 29.0 Å². The summed E-state index contributed by atoms with van der Waals surface area (Å²) in [7, 11) is 3.12. The van der Waals surface area contributed by atoms with Crippen molar-refractivity contribution in [3.8, 4) is 11.5 Å². The number of ketones is 1. The average Bonchev–Trinajstić information content (AvgIpc) is 3.44. The van der Waals surface area contributed by atoms with Gasteiger partial charge in [-0.2, -0.15) is 0 Å². The van der Waals surface area contributed by atoms with Gasteiger partial charge < -0.3 is 19.5 Å². The highest BCUT2D eigenvalue weighted by Crippen LogP contribution is 2.48. The molecule has 1 N–H and O–H groups in total. The molecule has 1 heterocycles. The van der Waals surface area contributed by atoms with Crippen molar-refractivity contribution < 1.29 is 28.7 Å². The maximum atomic E-state index is 13.9. The summed E-state index contributed by atoms with van der Waals surface area (Å²) in [6.07, 6.45) is 4.02. The zero-order chi connectivity index (χ0) is 28.6. The van der Waals surface area contributed by atoms with Crippen molar-refractivity contribution in [1.29, 1.82) is 0 Å². The van der Waals surface area contributed by atoms with E-state index in [4.69, 9.17) is 25.8 Å². The molecule has 210 valence electrons. The molecule has 2 aromatic carbocycles. The van der Waals surface area contributed by atoms with E-state index >= 15 is 0 Å². The molecule has 1 saturated carbocycles. The second kappa shape index (κ2) is 11.3. The molecule has 10 heteroatoms. The van der Waals surface area contributed by atoms with Gasteiger partial charge in [0.25, 0.3) is 5.69 Å². The van der Waals surface area contributed by atoms with Crippen molar-refractivity contribution in [3.63, 3.8) is 0 Å². The first-order valence-corrected chi connectivity index (χ1v) is 13.7. The number of hydrogen-bond acceptors (Lipinski definition) is 8. The van der Waals surface area contributed by atoms with Crippen LogP contribution in [-0.2, 0) is 14.3 Å². The fourth-order valence-electron chi connectivity index (χ4n) is 6.05. The van der Waals surface area contributed by atoms with E-state index in [1.54, 1.807) is 21.1 Å². The van der Waals surface area contributed by atoms with Crippen LogP contribution in [0.5, 0.6) is 11.5 Å². The van der Waals surface area contributed by atoms with Gasteiger partial charge in [0.1, 0.15) is 6.10 Å². The number of methoxy groups -OCH3 is 2. The molecule has 40 heavy (non-hydrogen) atoms. The number of nitro benzene ring substituents is 1. The molecule has 0 unspecified atom stereocenters. The van der Waals surface area contributed by atoms with E-state index in [1.165, 1.54) is 18.2 Å². The lowest BCUT2D eigenvalue weighted by Gasteiger charge is -2.37. The van der Waals surface area contributed by atoms with E-state index in [2.05, 4.69) is 5.32 Å². The summed E-state index contributed by atoms with van der Waals surface area (Å²) in [5, 5.41) is 15.2. The number of halogens is 1. The fraction of sp³-hybridized carbons (Fsp3) is 0.400. The van der Waals surface area contributed by atoms with Crippen LogP contribution in [0.1, 0.15) is 68.4 Å². The molecule has 2 atom stereocenters. The first-order chi connectivity index (χ1) is 19.2. The molecule has 5 rings (SSSR count). The normalized spacial score (nSPS) is 21.1. The molecule has 9 nitrogen and oxygen atoms in total. The third kappa shape index (κ3) is 5.18. The van der Waals surface area contributed by atoms with Crippen LogP contribution >= 0.6 is 11.6 Å². The number of dihydropyridines is 1. The van der Waals surface area contributed by atoms with Gasteiger partial charge in [0.2, 0.25) is 0 Å². The van der Waals surface area contributed by atoms with Crippen LogP contribution in [0.4, 0.5) is 5.69 Å². The summed E-state index contributed by atoms with van der Waals surface area (Å²) < 4.78 is 16.7. The number of nitrogens with one attached hydrogen (secondary N) is 1. The molecular formula is C30H31ClN2O7. The molecule has 0 saturated heterocycles. The van der Waals surface area contributed by atoms with Gasteiger partial charge in [-0.3, -0.25) is 14.9 Å². The molecule has 0 bridgehead atoms. The number of benzene rings is 2. The molecule has 3 aliphatic rings. The van der Waals surface area contributed by atoms with Gasteiger partial charge in [0, 0.05) is 46.5 Å². The van der Waals surface area contributed by atoms with Crippen LogP contribution in [0.15, 0.2) is 58.9 Å². The highest BCUT2D eigenvalue weighted by molar-refractivity contribution is 6.31. The second-order valence-electron chi connectivity index (χ2n) is 10.4. The van der Waals surface area contributed by atoms with Gasteiger partial charge in [-0.25, -0.2) is 4.79 Å². The summed E-state index contributed by atoms with van der Waals surface area (Å²) in [5.41, 5.74) is 2.92. The minimum absolute atomic E-state index is 0.153. The van der Waals surface area contributed by atoms with Crippen LogP contribution < -0.4 is 14.8 Å². The van der Waals surface area contributed by atoms with E-state index in [0.717, 1.165) is 31.2 Å². The van der Waals surface area contributed by atoms with Crippen LogP contribution in [0.2, 0.25) is 5.02 Å². The van der Waals surface area contributed by atoms with E-state index < -0.39 is 16.8 Å². The Morgan fingerprint density at radius 2 is 1.77 bits per heavy atom. The smallest absolute Gasteiger partial charge is 0.337 e. The summed E-state index contributed by atoms with van der Waals surface area (Å²) >= 11 is 6.61. The monoisotopic (exact) mass is 566 g/mol. The van der Waals surface area contributed by atoms with Gasteiger partial charge >= 0.3 is 5.97 Å². The van der Waals surface area contributed by atoms with E-state index in [1.807, 2.05) is 18.2 Å². The van der Waals surface area contributed by atoms with E-state index in [9.17, 15) is 19.7 Å². The lowest BCUT2D eigenvalue weighted by Crippen LogP contribution is -2.36. The average molecular weight is 567 g/mol. The van der Waals surface area contributed by atoms with Crippen molar-refractivity contribution in [1.82, 2.24) is 5.32 Å². The molecule has 0 amide bonds. The largest absolute Gasteiger partial charge is 0.493 e. The number of non-ortho nitro benzene ring substituents is 1. The first-order valence-electron chi connectivity index (χ1n) is 13.3. The lowest BCUT2D eigenvalue weighted by molar-refractivity contribution is -0.384. The highest BCUT2D eigenvalue weighted by atomic mass is 35.5. The third-order valence-electron chi connectivity index (χ3n) is 8.00. The number of rotatable bonds is 7. The van der Waals surface area contributed by atoms with Gasteiger partial charge in [-0.15, -0.1) is 0 Å². The number of nitro groups is 1.